The monoisotopic (exact) mass is 689 g/mol. The van der Waals surface area contributed by atoms with E-state index in [9.17, 15) is 53.5 Å². The number of carbonyl (C=O) groups is 2. The third-order valence-electron chi connectivity index (χ3n) is 5.94. The van der Waals surface area contributed by atoms with Gasteiger partial charge in [0.1, 0.15) is 16.5 Å². The highest BCUT2D eigenvalue weighted by molar-refractivity contribution is 7.89. The molecule has 0 unspecified atom stereocenters. The Balaban J connectivity index is 1.99. The van der Waals surface area contributed by atoms with Gasteiger partial charge in [-0.25, -0.2) is 17.2 Å². The highest BCUT2D eigenvalue weighted by Crippen LogP contribution is 2.55. The maximum atomic E-state index is 14.5. The molecule has 0 fully saturated rings. The van der Waals surface area contributed by atoms with Gasteiger partial charge < -0.3 is 19.6 Å². The fraction of sp³-hybridized carbons (Fsp3) is 0.167. The summed E-state index contributed by atoms with van der Waals surface area (Å²) in [4.78, 5) is 57.9. The molecule has 0 amide bonds. The lowest BCUT2D eigenvalue weighted by Crippen LogP contribution is -2.31. The van der Waals surface area contributed by atoms with Crippen molar-refractivity contribution in [1.29, 1.82) is 0 Å². The number of Topliss-reactive ketones (excluding diaryl/α,β-unsaturated/α-hetero) is 2. The van der Waals surface area contributed by atoms with Gasteiger partial charge in [0.25, 0.3) is 0 Å². The zero-order valence-corrected chi connectivity index (χ0v) is 24.1. The number of ketones is 2. The maximum absolute atomic E-state index is 14.5. The van der Waals surface area contributed by atoms with E-state index in [1.807, 2.05) is 0 Å². The molecule has 3 aromatic carbocycles. The van der Waals surface area contributed by atoms with Gasteiger partial charge in [0.15, 0.2) is 0 Å². The highest BCUT2D eigenvalue weighted by Gasteiger charge is 2.56. The van der Waals surface area contributed by atoms with Crippen LogP contribution < -0.4 is 0 Å². The second kappa shape index (κ2) is 12.3. The number of sulfonamides is 1. The zero-order chi connectivity index (χ0) is 33.5. The Morgan fingerprint density at radius 2 is 1.05 bits per heavy atom. The molecule has 3 rings (SSSR count). The van der Waals surface area contributed by atoms with Gasteiger partial charge in [-0.2, -0.15) is 21.9 Å². The molecule has 0 bridgehead atoms. The first-order chi connectivity index (χ1) is 20.0. The number of carbonyl (C=O) groups excluding carboxylic acids is 2. The van der Waals surface area contributed by atoms with Crippen molar-refractivity contribution in [1.82, 2.24) is 4.31 Å². The summed E-state index contributed by atoms with van der Waals surface area (Å²) < 4.78 is 133. The van der Waals surface area contributed by atoms with E-state index in [0.717, 1.165) is 24.3 Å². The van der Waals surface area contributed by atoms with Crippen LogP contribution in [0.2, 0.25) is 0 Å². The molecule has 3 aromatic rings. The summed E-state index contributed by atoms with van der Waals surface area (Å²) in [6.07, 6.45) is 0. The van der Waals surface area contributed by atoms with Gasteiger partial charge in [0, 0.05) is 24.2 Å². The molecule has 4 N–H and O–H groups in total. The largest absolute Gasteiger partial charge is 0.407 e. The van der Waals surface area contributed by atoms with Crippen LogP contribution >= 0.6 is 15.2 Å². The summed E-state index contributed by atoms with van der Waals surface area (Å²) in [6.45, 7) is -1.45. The molecule has 11 nitrogen and oxygen atoms in total. The second-order valence-electron chi connectivity index (χ2n) is 9.07. The van der Waals surface area contributed by atoms with E-state index in [4.69, 9.17) is 19.6 Å². The fourth-order valence-electron chi connectivity index (χ4n) is 3.58. The van der Waals surface area contributed by atoms with Crippen molar-refractivity contribution in [2.45, 2.75) is 29.3 Å². The van der Waals surface area contributed by atoms with Crippen LogP contribution in [0.25, 0.3) is 0 Å². The van der Waals surface area contributed by atoms with Crippen molar-refractivity contribution in [2.75, 3.05) is 0 Å². The van der Waals surface area contributed by atoms with Gasteiger partial charge >= 0.3 is 26.5 Å². The van der Waals surface area contributed by atoms with Crippen LogP contribution in [0.15, 0.2) is 71.6 Å². The van der Waals surface area contributed by atoms with Crippen LogP contribution in [0.3, 0.4) is 0 Å². The van der Waals surface area contributed by atoms with Crippen LogP contribution in [0.1, 0.15) is 31.8 Å². The highest BCUT2D eigenvalue weighted by atomic mass is 32.2. The third-order valence-corrected chi connectivity index (χ3v) is 9.62. The van der Waals surface area contributed by atoms with E-state index >= 15 is 0 Å². The van der Waals surface area contributed by atoms with E-state index in [0.29, 0.717) is 46.8 Å². The summed E-state index contributed by atoms with van der Waals surface area (Å²) in [5.74, 6) is -6.99. The zero-order valence-electron chi connectivity index (χ0n) is 21.5. The Morgan fingerprint density at radius 3 is 1.39 bits per heavy atom. The van der Waals surface area contributed by atoms with Gasteiger partial charge in [0.2, 0.25) is 21.6 Å². The van der Waals surface area contributed by atoms with Crippen molar-refractivity contribution in [3.63, 3.8) is 0 Å². The van der Waals surface area contributed by atoms with Crippen LogP contribution in [0, 0.1) is 11.6 Å². The van der Waals surface area contributed by atoms with Crippen molar-refractivity contribution < 1.29 is 73.1 Å². The Bertz CT molecular complexity index is 1700. The van der Waals surface area contributed by atoms with Gasteiger partial charge in [-0.3, -0.25) is 18.7 Å². The lowest BCUT2D eigenvalue weighted by Gasteiger charge is -2.23. The average Bonchev–Trinajstić information content (AvgIpc) is 2.92. The summed E-state index contributed by atoms with van der Waals surface area (Å²) in [5, 5.41) is 0. The topological polar surface area (TPSA) is 187 Å². The Labute approximate surface area is 244 Å². The molecule has 0 saturated heterocycles. The Hall–Kier alpha value is -3.21. The SMILES string of the molecule is O=C(c1ccc(CN(Cc2ccc(C(=O)C(F)(F)P(=O)(O)O)cc2)S(=O)(=O)c2cc(F)ccc2F)cc1)C(F)(F)P(=O)(O)O. The van der Waals surface area contributed by atoms with E-state index in [1.165, 1.54) is 0 Å². The number of alkyl halides is 4. The number of halogens is 6. The molecule has 0 aliphatic rings. The predicted octanol–water partition coefficient (Wildman–Crippen LogP) is 4.26. The van der Waals surface area contributed by atoms with E-state index in [-0.39, 0.29) is 11.1 Å². The van der Waals surface area contributed by atoms with Crippen LogP contribution in [0.4, 0.5) is 26.3 Å². The van der Waals surface area contributed by atoms with E-state index in [2.05, 4.69) is 0 Å². The molecule has 0 atom stereocenters. The molecule has 0 radical (unpaired) electrons. The normalized spacial score (nSPS) is 13.2. The second-order valence-corrected chi connectivity index (χ2v) is 14.3. The van der Waals surface area contributed by atoms with Crippen LogP contribution in [-0.2, 0) is 32.2 Å². The molecule has 0 aromatic heterocycles. The molecule has 0 spiro atoms. The van der Waals surface area contributed by atoms with Gasteiger partial charge in [-0.1, -0.05) is 48.5 Å². The first-order valence-corrected chi connectivity index (χ1v) is 16.3. The Morgan fingerprint density at radius 1 is 0.682 bits per heavy atom. The van der Waals surface area contributed by atoms with Gasteiger partial charge in [0.05, 0.1) is 0 Å². The Kier molecular flexibility index (Phi) is 9.85. The summed E-state index contributed by atoms with van der Waals surface area (Å²) in [6, 6.07) is 8.04. The quantitative estimate of drug-likeness (QED) is 0.122. The first kappa shape index (κ1) is 35.3. The predicted molar refractivity (Wildman–Crippen MR) is 138 cm³/mol. The molecule has 0 aliphatic heterocycles. The fourth-order valence-corrected chi connectivity index (χ4v) is 5.86. The van der Waals surface area contributed by atoms with Crippen molar-refractivity contribution in [3.05, 3.63) is 101 Å². The minimum absolute atomic E-state index is 0.0606. The standard InChI is InChI=1S/C24H19F6NO10P2S/c25-18-9-10-19(26)20(11-18)44(40,41)31(12-14-1-5-16(6-2-14)21(32)23(27,28)42(34,35)36)13-15-3-7-17(8-4-15)22(33)24(29,30)43(37,38)39/h1-11H,12-13H2,(H2,34,35,36)(H2,37,38,39). The molecule has 0 heterocycles. The molecular weight excluding hydrogens is 670 g/mol. The summed E-state index contributed by atoms with van der Waals surface area (Å²) >= 11 is 0. The van der Waals surface area contributed by atoms with Crippen molar-refractivity contribution >= 4 is 36.8 Å². The minimum Gasteiger partial charge on any atom is -0.320 e. The van der Waals surface area contributed by atoms with Crippen LogP contribution in [0.5, 0.6) is 0 Å². The molecule has 0 saturated carbocycles. The lowest BCUT2D eigenvalue weighted by atomic mass is 10.1. The number of nitrogens with zero attached hydrogens (tertiary/aromatic N) is 1. The number of hydrogen-bond acceptors (Lipinski definition) is 6. The third kappa shape index (κ3) is 7.19. The summed E-state index contributed by atoms with van der Waals surface area (Å²) in [5.41, 5.74) is -12.0. The number of hydrogen-bond donors (Lipinski definition) is 4. The lowest BCUT2D eigenvalue weighted by molar-refractivity contribution is 0.0408. The number of rotatable bonds is 12. The maximum Gasteiger partial charge on any atom is 0.407 e. The van der Waals surface area contributed by atoms with E-state index in [1.54, 1.807) is 0 Å². The molecule has 44 heavy (non-hydrogen) atoms. The first-order valence-electron chi connectivity index (χ1n) is 11.6. The summed E-state index contributed by atoms with van der Waals surface area (Å²) in [7, 11) is -17.3. The van der Waals surface area contributed by atoms with Gasteiger partial charge in [-0.15, -0.1) is 0 Å². The van der Waals surface area contributed by atoms with Crippen molar-refractivity contribution in [2.24, 2.45) is 0 Å². The average molecular weight is 689 g/mol. The minimum atomic E-state index is -6.19. The smallest absolute Gasteiger partial charge is 0.320 e. The molecular formula is C24H19F6NO10P2S. The molecule has 0 aliphatic carbocycles. The molecule has 20 heteroatoms. The van der Waals surface area contributed by atoms with Gasteiger partial charge in [-0.05, 0) is 29.3 Å². The number of benzene rings is 3. The van der Waals surface area contributed by atoms with Crippen molar-refractivity contribution in [3.8, 4) is 0 Å². The van der Waals surface area contributed by atoms with Crippen LogP contribution in [-0.4, -0.2) is 55.2 Å². The van der Waals surface area contributed by atoms with E-state index < -0.39 is 88.9 Å². The molecule has 238 valence electrons.